The van der Waals surface area contributed by atoms with Crippen LogP contribution in [0.3, 0.4) is 0 Å². The van der Waals surface area contributed by atoms with Gasteiger partial charge in [0, 0.05) is 0 Å². The number of aromatic carboxylic acids is 1. The summed E-state index contributed by atoms with van der Waals surface area (Å²) in [5.41, 5.74) is 0.140. The van der Waals surface area contributed by atoms with Gasteiger partial charge in [-0.25, -0.2) is 9.59 Å². The first-order valence-electron chi connectivity index (χ1n) is 6.81. The number of rotatable bonds is 8. The summed E-state index contributed by atoms with van der Waals surface area (Å²) in [5, 5.41) is 8.73. The lowest BCUT2D eigenvalue weighted by molar-refractivity contribution is 0.0697. The van der Waals surface area contributed by atoms with Crippen molar-refractivity contribution in [1.82, 2.24) is 0 Å². The average molecular weight is 280 g/mol. The third kappa shape index (κ3) is 6.22. The van der Waals surface area contributed by atoms with Crippen molar-refractivity contribution < 1.29 is 24.2 Å². The molecule has 0 aliphatic heterocycles. The van der Waals surface area contributed by atoms with E-state index in [2.05, 4.69) is 6.92 Å². The van der Waals surface area contributed by atoms with Crippen LogP contribution in [0.1, 0.15) is 49.4 Å². The summed E-state index contributed by atoms with van der Waals surface area (Å²) >= 11 is 0. The molecule has 0 fully saturated rings. The van der Waals surface area contributed by atoms with Gasteiger partial charge in [0.2, 0.25) is 0 Å². The number of benzene rings is 1. The minimum Gasteiger partial charge on any atom is -0.478 e. The Morgan fingerprint density at radius 1 is 1.05 bits per heavy atom. The molecule has 0 heterocycles. The molecule has 0 saturated carbocycles. The van der Waals surface area contributed by atoms with Crippen LogP contribution in [-0.2, 0) is 4.74 Å². The van der Waals surface area contributed by atoms with Crippen LogP contribution < -0.4 is 4.74 Å². The van der Waals surface area contributed by atoms with Gasteiger partial charge in [-0.15, -0.1) is 0 Å². The molecule has 1 aromatic carbocycles. The number of ether oxygens (including phenoxy) is 2. The Morgan fingerprint density at radius 2 is 1.70 bits per heavy atom. The average Bonchev–Trinajstić information content (AvgIpc) is 2.43. The maximum atomic E-state index is 11.4. The molecule has 5 heteroatoms. The predicted octanol–water partition coefficient (Wildman–Crippen LogP) is 3.87. The predicted molar refractivity (Wildman–Crippen MR) is 74.1 cm³/mol. The fourth-order valence-corrected chi connectivity index (χ4v) is 1.65. The third-order valence-electron chi connectivity index (χ3n) is 2.77. The minimum absolute atomic E-state index is 0.140. The lowest BCUT2D eigenvalue weighted by Crippen LogP contribution is -2.11. The Kier molecular flexibility index (Phi) is 7.17. The second-order valence-corrected chi connectivity index (χ2v) is 4.44. The number of carboxylic acids is 1. The van der Waals surface area contributed by atoms with Gasteiger partial charge in [0.25, 0.3) is 0 Å². The van der Waals surface area contributed by atoms with Crippen molar-refractivity contribution in [3.05, 3.63) is 29.8 Å². The number of carbonyl (C=O) groups excluding carboxylic acids is 1. The summed E-state index contributed by atoms with van der Waals surface area (Å²) in [6.45, 7) is 2.49. The van der Waals surface area contributed by atoms with E-state index in [1.807, 2.05) is 0 Å². The fourth-order valence-electron chi connectivity index (χ4n) is 1.65. The van der Waals surface area contributed by atoms with Crippen LogP contribution in [0.15, 0.2) is 24.3 Å². The van der Waals surface area contributed by atoms with Gasteiger partial charge in [0.15, 0.2) is 0 Å². The van der Waals surface area contributed by atoms with E-state index in [0.29, 0.717) is 6.61 Å². The molecule has 20 heavy (non-hydrogen) atoms. The van der Waals surface area contributed by atoms with E-state index < -0.39 is 12.1 Å². The zero-order chi connectivity index (χ0) is 14.8. The smallest absolute Gasteiger partial charge is 0.478 e. The highest BCUT2D eigenvalue weighted by Gasteiger charge is 2.07. The molecule has 0 spiro atoms. The van der Waals surface area contributed by atoms with Crippen molar-refractivity contribution >= 4 is 12.1 Å². The number of carbonyl (C=O) groups is 2. The van der Waals surface area contributed by atoms with Crippen molar-refractivity contribution in [3.8, 4) is 5.75 Å². The SMILES string of the molecule is CCCCCCCOC(=O)Oc1ccc(C(=O)O)cc1. The maximum absolute atomic E-state index is 11.4. The van der Waals surface area contributed by atoms with Crippen LogP contribution in [0.4, 0.5) is 4.79 Å². The summed E-state index contributed by atoms with van der Waals surface area (Å²) in [6.07, 6.45) is 4.62. The number of unbranched alkanes of at least 4 members (excludes halogenated alkanes) is 4. The van der Waals surface area contributed by atoms with E-state index in [9.17, 15) is 9.59 Å². The summed E-state index contributed by atoms with van der Waals surface area (Å²) in [6, 6.07) is 5.59. The molecule has 0 bridgehead atoms. The van der Waals surface area contributed by atoms with Crippen molar-refractivity contribution in [3.63, 3.8) is 0 Å². The van der Waals surface area contributed by atoms with E-state index in [4.69, 9.17) is 14.6 Å². The Labute approximate surface area is 118 Å². The third-order valence-corrected chi connectivity index (χ3v) is 2.77. The molecule has 0 aliphatic rings. The Hall–Kier alpha value is -2.04. The van der Waals surface area contributed by atoms with Gasteiger partial charge in [0.1, 0.15) is 5.75 Å². The summed E-state index contributed by atoms with van der Waals surface area (Å²) in [5.74, 6) is -0.753. The molecule has 0 unspecified atom stereocenters. The number of hydrogen-bond acceptors (Lipinski definition) is 4. The van der Waals surface area contributed by atoms with E-state index >= 15 is 0 Å². The van der Waals surface area contributed by atoms with Gasteiger partial charge < -0.3 is 14.6 Å². The molecular weight excluding hydrogens is 260 g/mol. The van der Waals surface area contributed by atoms with E-state index in [1.165, 1.54) is 37.1 Å². The molecular formula is C15H20O5. The van der Waals surface area contributed by atoms with Crippen molar-refractivity contribution in [1.29, 1.82) is 0 Å². The molecule has 0 saturated heterocycles. The van der Waals surface area contributed by atoms with Crippen LogP contribution in [0.5, 0.6) is 5.75 Å². The van der Waals surface area contributed by atoms with Crippen molar-refractivity contribution in [2.24, 2.45) is 0 Å². The van der Waals surface area contributed by atoms with E-state index in [0.717, 1.165) is 19.3 Å². The highest BCUT2D eigenvalue weighted by atomic mass is 16.7. The Balaban J connectivity index is 2.23. The largest absolute Gasteiger partial charge is 0.513 e. The van der Waals surface area contributed by atoms with Gasteiger partial charge in [0.05, 0.1) is 12.2 Å². The van der Waals surface area contributed by atoms with Gasteiger partial charge >= 0.3 is 12.1 Å². The number of carboxylic acid groups (broad SMARTS) is 1. The first-order chi connectivity index (χ1) is 9.63. The highest BCUT2D eigenvalue weighted by Crippen LogP contribution is 2.13. The summed E-state index contributed by atoms with van der Waals surface area (Å²) < 4.78 is 9.85. The minimum atomic E-state index is -1.02. The zero-order valence-corrected chi connectivity index (χ0v) is 11.6. The van der Waals surface area contributed by atoms with Crippen LogP contribution in [0.2, 0.25) is 0 Å². The standard InChI is InChI=1S/C15H20O5/c1-2-3-4-5-6-11-19-15(18)20-13-9-7-12(8-10-13)14(16)17/h7-10H,2-6,11H2,1H3,(H,16,17). The Morgan fingerprint density at radius 3 is 2.30 bits per heavy atom. The molecule has 110 valence electrons. The highest BCUT2D eigenvalue weighted by molar-refractivity contribution is 5.87. The summed E-state index contributed by atoms with van der Waals surface area (Å²) in [4.78, 5) is 22.0. The topological polar surface area (TPSA) is 72.8 Å². The van der Waals surface area contributed by atoms with Gasteiger partial charge in [-0.3, -0.25) is 0 Å². The molecule has 0 aromatic heterocycles. The second kappa shape index (κ2) is 8.96. The molecule has 0 aliphatic carbocycles. The first kappa shape index (κ1) is 16.0. The number of hydrogen-bond donors (Lipinski definition) is 1. The molecule has 0 radical (unpaired) electrons. The molecule has 1 rings (SSSR count). The quantitative estimate of drug-likeness (QED) is 0.444. The van der Waals surface area contributed by atoms with Crippen LogP contribution in [-0.4, -0.2) is 23.8 Å². The second-order valence-electron chi connectivity index (χ2n) is 4.44. The molecule has 0 atom stereocenters. The molecule has 5 nitrogen and oxygen atoms in total. The molecule has 0 amide bonds. The lowest BCUT2D eigenvalue weighted by atomic mass is 10.2. The lowest BCUT2D eigenvalue weighted by Gasteiger charge is -2.06. The molecule has 1 N–H and O–H groups in total. The van der Waals surface area contributed by atoms with Gasteiger partial charge in [-0.05, 0) is 30.7 Å². The molecule has 1 aromatic rings. The van der Waals surface area contributed by atoms with E-state index in [-0.39, 0.29) is 11.3 Å². The monoisotopic (exact) mass is 280 g/mol. The normalized spacial score (nSPS) is 10.1. The van der Waals surface area contributed by atoms with E-state index in [1.54, 1.807) is 0 Å². The van der Waals surface area contributed by atoms with Crippen LogP contribution >= 0.6 is 0 Å². The fraction of sp³-hybridized carbons (Fsp3) is 0.467. The van der Waals surface area contributed by atoms with Crippen LogP contribution in [0.25, 0.3) is 0 Å². The van der Waals surface area contributed by atoms with Crippen molar-refractivity contribution in [2.75, 3.05) is 6.61 Å². The van der Waals surface area contributed by atoms with Gasteiger partial charge in [-0.2, -0.15) is 0 Å². The maximum Gasteiger partial charge on any atom is 0.513 e. The first-order valence-corrected chi connectivity index (χ1v) is 6.81. The van der Waals surface area contributed by atoms with Crippen LogP contribution in [0, 0.1) is 0 Å². The summed E-state index contributed by atoms with van der Waals surface area (Å²) in [7, 11) is 0. The van der Waals surface area contributed by atoms with Crippen molar-refractivity contribution in [2.45, 2.75) is 39.0 Å². The Bertz CT molecular complexity index is 424. The zero-order valence-electron chi connectivity index (χ0n) is 11.6. The van der Waals surface area contributed by atoms with Gasteiger partial charge in [-0.1, -0.05) is 32.6 Å².